The Labute approximate surface area is 153 Å². The Morgan fingerprint density at radius 2 is 1.65 bits per heavy atom. The molecule has 0 unspecified atom stereocenters. The lowest BCUT2D eigenvalue weighted by Crippen LogP contribution is -2.37. The van der Waals surface area contributed by atoms with Gasteiger partial charge in [0.15, 0.2) is 0 Å². The lowest BCUT2D eigenvalue weighted by Gasteiger charge is -2.17. The molecule has 4 heteroatoms. The van der Waals surface area contributed by atoms with Crippen molar-refractivity contribution in [1.82, 2.24) is 5.32 Å². The molecule has 0 saturated carbocycles. The average molecular weight is 349 g/mol. The van der Waals surface area contributed by atoms with Crippen LogP contribution in [0.15, 0.2) is 60.7 Å². The number of carbonyl (C=O) groups excluding carboxylic acids is 1. The molecule has 0 aromatic heterocycles. The number of aryl methyl sites for hydroxylation is 1. The smallest absolute Gasteiger partial charge is 0.255 e. The van der Waals surface area contributed by atoms with E-state index >= 15 is 0 Å². The summed E-state index contributed by atoms with van der Waals surface area (Å²) in [6.07, 6.45) is 0. The predicted octanol–water partition coefficient (Wildman–Crippen LogP) is 4.35. The van der Waals surface area contributed by atoms with Crippen molar-refractivity contribution in [3.05, 3.63) is 71.8 Å². The fraction of sp³-hybridized carbons (Fsp3) is 0.227. The Morgan fingerprint density at radius 3 is 2.35 bits per heavy atom. The van der Waals surface area contributed by atoms with Gasteiger partial charge in [0, 0.05) is 0 Å². The molecule has 1 atom stereocenters. The zero-order valence-electron chi connectivity index (χ0n) is 15.3. The van der Waals surface area contributed by atoms with Crippen LogP contribution in [0.2, 0.25) is 0 Å². The number of benzene rings is 3. The van der Waals surface area contributed by atoms with Gasteiger partial charge in [-0.15, -0.1) is 0 Å². The molecule has 3 aromatic carbocycles. The second-order valence-electron chi connectivity index (χ2n) is 6.35. The van der Waals surface area contributed by atoms with E-state index in [1.807, 2.05) is 74.5 Å². The van der Waals surface area contributed by atoms with Crippen molar-refractivity contribution in [3.63, 3.8) is 0 Å². The first kappa shape index (κ1) is 17.8. The summed E-state index contributed by atoms with van der Waals surface area (Å²) < 4.78 is 11.2. The molecule has 4 nitrogen and oxygen atoms in total. The highest BCUT2D eigenvalue weighted by molar-refractivity contribution is 6.01. The van der Waals surface area contributed by atoms with E-state index in [-0.39, 0.29) is 11.9 Å². The van der Waals surface area contributed by atoms with E-state index in [0.717, 1.165) is 22.1 Å². The van der Waals surface area contributed by atoms with Crippen LogP contribution in [-0.2, 0) is 0 Å². The molecule has 0 heterocycles. The molecule has 0 saturated heterocycles. The van der Waals surface area contributed by atoms with Gasteiger partial charge in [0.05, 0.1) is 18.7 Å². The summed E-state index contributed by atoms with van der Waals surface area (Å²) in [5.41, 5.74) is 1.59. The van der Waals surface area contributed by atoms with E-state index in [2.05, 4.69) is 5.32 Å². The van der Waals surface area contributed by atoms with Crippen molar-refractivity contribution in [2.45, 2.75) is 19.9 Å². The first-order chi connectivity index (χ1) is 12.6. The van der Waals surface area contributed by atoms with Crippen molar-refractivity contribution in [2.75, 3.05) is 13.7 Å². The summed E-state index contributed by atoms with van der Waals surface area (Å²) in [5.74, 6) is 1.22. The maximum atomic E-state index is 12.7. The van der Waals surface area contributed by atoms with Gasteiger partial charge in [-0.25, -0.2) is 0 Å². The standard InChI is InChI=1S/C22H23NO3/c1-15-8-4-7-11-20(15)26-14-16(2)23-22(24)19-12-17-9-5-6-10-18(17)13-21(19)25-3/h4-13,16H,14H2,1-3H3,(H,23,24)/t16-/m0/s1. The monoisotopic (exact) mass is 349 g/mol. The third-order valence-corrected chi connectivity index (χ3v) is 4.27. The highest BCUT2D eigenvalue weighted by atomic mass is 16.5. The molecule has 1 amide bonds. The summed E-state index contributed by atoms with van der Waals surface area (Å²) in [6, 6.07) is 19.3. The molecule has 3 rings (SSSR count). The zero-order valence-corrected chi connectivity index (χ0v) is 15.3. The summed E-state index contributed by atoms with van der Waals surface area (Å²) in [5, 5.41) is 5.02. The summed E-state index contributed by atoms with van der Waals surface area (Å²) in [4.78, 5) is 12.7. The van der Waals surface area contributed by atoms with Crippen LogP contribution in [-0.4, -0.2) is 25.7 Å². The van der Waals surface area contributed by atoms with Gasteiger partial charge in [0.1, 0.15) is 18.1 Å². The Hall–Kier alpha value is -3.01. The number of rotatable bonds is 6. The van der Waals surface area contributed by atoms with E-state index in [9.17, 15) is 4.79 Å². The second-order valence-corrected chi connectivity index (χ2v) is 6.35. The first-order valence-corrected chi connectivity index (χ1v) is 8.64. The van der Waals surface area contributed by atoms with Gasteiger partial charge in [-0.05, 0) is 48.4 Å². The van der Waals surface area contributed by atoms with Crippen molar-refractivity contribution < 1.29 is 14.3 Å². The molecular weight excluding hydrogens is 326 g/mol. The summed E-state index contributed by atoms with van der Waals surface area (Å²) >= 11 is 0. The van der Waals surface area contributed by atoms with Gasteiger partial charge < -0.3 is 14.8 Å². The van der Waals surface area contributed by atoms with Crippen molar-refractivity contribution in [2.24, 2.45) is 0 Å². The van der Waals surface area contributed by atoms with E-state index in [1.165, 1.54) is 0 Å². The molecule has 0 radical (unpaired) electrons. The molecule has 26 heavy (non-hydrogen) atoms. The molecule has 0 aliphatic heterocycles. The number of ether oxygens (including phenoxy) is 2. The van der Waals surface area contributed by atoms with Crippen LogP contribution in [0.5, 0.6) is 11.5 Å². The Balaban J connectivity index is 1.71. The molecule has 0 spiro atoms. The maximum absolute atomic E-state index is 12.7. The largest absolute Gasteiger partial charge is 0.496 e. The molecule has 0 bridgehead atoms. The minimum atomic E-state index is -0.173. The number of nitrogens with one attached hydrogen (secondary N) is 1. The average Bonchev–Trinajstić information content (AvgIpc) is 2.66. The van der Waals surface area contributed by atoms with E-state index in [4.69, 9.17) is 9.47 Å². The maximum Gasteiger partial charge on any atom is 0.255 e. The van der Waals surface area contributed by atoms with Crippen LogP contribution in [0.1, 0.15) is 22.8 Å². The zero-order chi connectivity index (χ0) is 18.5. The molecular formula is C22H23NO3. The number of amides is 1. The van der Waals surface area contributed by atoms with Gasteiger partial charge >= 0.3 is 0 Å². The highest BCUT2D eigenvalue weighted by Crippen LogP contribution is 2.26. The Morgan fingerprint density at radius 1 is 1.00 bits per heavy atom. The molecule has 0 fully saturated rings. The van der Waals surface area contributed by atoms with E-state index < -0.39 is 0 Å². The van der Waals surface area contributed by atoms with Crippen LogP contribution >= 0.6 is 0 Å². The van der Waals surface area contributed by atoms with Crippen molar-refractivity contribution in [3.8, 4) is 11.5 Å². The predicted molar refractivity (Wildman–Crippen MR) is 104 cm³/mol. The van der Waals surface area contributed by atoms with E-state index in [0.29, 0.717) is 17.9 Å². The van der Waals surface area contributed by atoms with Crippen molar-refractivity contribution in [1.29, 1.82) is 0 Å². The fourth-order valence-electron chi connectivity index (χ4n) is 2.84. The van der Waals surface area contributed by atoms with Crippen molar-refractivity contribution >= 4 is 16.7 Å². The first-order valence-electron chi connectivity index (χ1n) is 8.64. The fourth-order valence-corrected chi connectivity index (χ4v) is 2.84. The van der Waals surface area contributed by atoms with Gasteiger partial charge in [0.25, 0.3) is 5.91 Å². The van der Waals surface area contributed by atoms with Crippen LogP contribution in [0, 0.1) is 6.92 Å². The Kier molecular flexibility index (Phi) is 5.42. The van der Waals surface area contributed by atoms with Crippen LogP contribution in [0.4, 0.5) is 0 Å². The third kappa shape index (κ3) is 3.97. The summed E-state index contributed by atoms with van der Waals surface area (Å²) in [7, 11) is 1.58. The highest BCUT2D eigenvalue weighted by Gasteiger charge is 2.16. The molecule has 134 valence electrons. The number of hydrogen-bond donors (Lipinski definition) is 1. The minimum Gasteiger partial charge on any atom is -0.496 e. The third-order valence-electron chi connectivity index (χ3n) is 4.27. The SMILES string of the molecule is COc1cc2ccccc2cc1C(=O)N[C@@H](C)COc1ccccc1C. The van der Waals surface area contributed by atoms with Crippen LogP contribution in [0.25, 0.3) is 10.8 Å². The Bertz CT molecular complexity index is 920. The second kappa shape index (κ2) is 7.91. The van der Waals surface area contributed by atoms with Gasteiger partial charge in [-0.3, -0.25) is 4.79 Å². The van der Waals surface area contributed by atoms with Crippen LogP contribution in [0.3, 0.4) is 0 Å². The van der Waals surface area contributed by atoms with Crippen LogP contribution < -0.4 is 14.8 Å². The quantitative estimate of drug-likeness (QED) is 0.719. The van der Waals surface area contributed by atoms with Gasteiger partial charge in [-0.1, -0.05) is 42.5 Å². The van der Waals surface area contributed by atoms with Gasteiger partial charge in [-0.2, -0.15) is 0 Å². The van der Waals surface area contributed by atoms with E-state index in [1.54, 1.807) is 7.11 Å². The number of hydrogen-bond acceptors (Lipinski definition) is 3. The lowest BCUT2D eigenvalue weighted by molar-refractivity contribution is 0.0923. The molecule has 0 aliphatic rings. The molecule has 3 aromatic rings. The molecule has 1 N–H and O–H groups in total. The summed E-state index contributed by atoms with van der Waals surface area (Å²) in [6.45, 7) is 4.31. The van der Waals surface area contributed by atoms with Gasteiger partial charge in [0.2, 0.25) is 0 Å². The normalized spacial score (nSPS) is 11.8. The topological polar surface area (TPSA) is 47.6 Å². The molecule has 0 aliphatic carbocycles. The number of methoxy groups -OCH3 is 1. The minimum absolute atomic E-state index is 0.140. The number of para-hydroxylation sites is 1. The number of carbonyl (C=O) groups is 1. The number of fused-ring (bicyclic) bond motifs is 1. The lowest BCUT2D eigenvalue weighted by atomic mass is 10.1.